The lowest BCUT2D eigenvalue weighted by Gasteiger charge is -2.04. The lowest BCUT2D eigenvalue weighted by atomic mass is 10.1. The van der Waals surface area contributed by atoms with E-state index in [1.54, 1.807) is 19.2 Å². The number of amides is 1. The van der Waals surface area contributed by atoms with Crippen LogP contribution in [0, 0.1) is 6.92 Å². The third-order valence-corrected chi connectivity index (χ3v) is 2.23. The van der Waals surface area contributed by atoms with Gasteiger partial charge in [-0.3, -0.25) is 4.79 Å². The van der Waals surface area contributed by atoms with Crippen LogP contribution in [-0.4, -0.2) is 33.3 Å². The molecule has 0 aliphatic carbocycles. The van der Waals surface area contributed by atoms with Gasteiger partial charge in [0.2, 0.25) is 5.82 Å². The molecule has 2 aromatic rings. The Morgan fingerprint density at radius 1 is 1.18 bits per heavy atom. The number of hydrogen-bond acceptors (Lipinski definition) is 5. The maximum absolute atomic E-state index is 11.6. The molecular weight excluding hydrogens is 218 g/mol. The summed E-state index contributed by atoms with van der Waals surface area (Å²) in [6.07, 6.45) is 1.26. The van der Waals surface area contributed by atoms with Crippen molar-refractivity contribution >= 4 is 5.91 Å². The van der Waals surface area contributed by atoms with Crippen molar-refractivity contribution in [3.8, 4) is 11.4 Å². The Balaban J connectivity index is 2.49. The summed E-state index contributed by atoms with van der Waals surface area (Å²) in [7, 11) is 1.59. The van der Waals surface area contributed by atoms with Crippen LogP contribution in [0.4, 0.5) is 0 Å². The third-order valence-electron chi connectivity index (χ3n) is 2.23. The summed E-state index contributed by atoms with van der Waals surface area (Å²) in [5, 5.41) is 17.6. The molecule has 0 spiro atoms. The van der Waals surface area contributed by atoms with E-state index in [9.17, 15) is 4.79 Å². The van der Waals surface area contributed by atoms with E-state index < -0.39 is 0 Å². The first-order valence-electron chi connectivity index (χ1n) is 5.05. The van der Waals surface area contributed by atoms with Gasteiger partial charge in [0, 0.05) is 18.2 Å². The van der Waals surface area contributed by atoms with Crippen molar-refractivity contribution in [3.05, 3.63) is 35.7 Å². The van der Waals surface area contributed by atoms with E-state index in [0.29, 0.717) is 11.4 Å². The fraction of sp³-hybridized carbons (Fsp3) is 0.182. The summed E-state index contributed by atoms with van der Waals surface area (Å²) in [6, 6.07) is 5.39. The van der Waals surface area contributed by atoms with Gasteiger partial charge in [0.25, 0.3) is 5.91 Å². The SMILES string of the molecule is CNC(=O)c1cc(C)cc(-c2nncnn2)c1. The van der Waals surface area contributed by atoms with E-state index >= 15 is 0 Å². The number of carbonyl (C=O) groups excluding carboxylic acids is 1. The van der Waals surface area contributed by atoms with Crippen molar-refractivity contribution < 1.29 is 4.79 Å². The molecule has 1 heterocycles. The van der Waals surface area contributed by atoms with Crippen LogP contribution in [0.5, 0.6) is 0 Å². The summed E-state index contributed by atoms with van der Waals surface area (Å²) in [5.74, 6) is 0.258. The first-order chi connectivity index (χ1) is 8.20. The predicted molar refractivity (Wildman–Crippen MR) is 61.2 cm³/mol. The molecule has 0 atom stereocenters. The molecular formula is C11H11N5O. The number of hydrogen-bond donors (Lipinski definition) is 1. The number of nitrogens with one attached hydrogen (secondary N) is 1. The number of nitrogens with zero attached hydrogens (tertiary/aromatic N) is 4. The van der Waals surface area contributed by atoms with E-state index in [1.165, 1.54) is 6.33 Å². The van der Waals surface area contributed by atoms with Crippen LogP contribution in [0.15, 0.2) is 24.5 Å². The topological polar surface area (TPSA) is 80.7 Å². The molecule has 0 saturated carbocycles. The van der Waals surface area contributed by atoms with E-state index in [2.05, 4.69) is 25.7 Å². The van der Waals surface area contributed by atoms with Crippen molar-refractivity contribution in [2.75, 3.05) is 7.05 Å². The molecule has 0 aliphatic rings. The summed E-state index contributed by atoms with van der Waals surface area (Å²) < 4.78 is 0. The van der Waals surface area contributed by atoms with Gasteiger partial charge in [-0.25, -0.2) is 0 Å². The van der Waals surface area contributed by atoms with E-state index in [4.69, 9.17) is 0 Å². The van der Waals surface area contributed by atoms with Gasteiger partial charge in [0.15, 0.2) is 6.33 Å². The van der Waals surface area contributed by atoms with Gasteiger partial charge in [0.1, 0.15) is 0 Å². The molecule has 1 N–H and O–H groups in total. The first-order valence-corrected chi connectivity index (χ1v) is 5.05. The summed E-state index contributed by atoms with van der Waals surface area (Å²) >= 11 is 0. The van der Waals surface area contributed by atoms with Crippen LogP contribution in [0.25, 0.3) is 11.4 Å². The van der Waals surface area contributed by atoms with Gasteiger partial charge >= 0.3 is 0 Å². The third kappa shape index (κ3) is 2.41. The Hall–Kier alpha value is -2.37. The van der Waals surface area contributed by atoms with Gasteiger partial charge < -0.3 is 5.32 Å². The largest absolute Gasteiger partial charge is 0.355 e. The normalized spacial score (nSPS) is 10.0. The van der Waals surface area contributed by atoms with Crippen LogP contribution in [0.1, 0.15) is 15.9 Å². The molecule has 1 aromatic heterocycles. The van der Waals surface area contributed by atoms with E-state index in [-0.39, 0.29) is 5.91 Å². The summed E-state index contributed by atoms with van der Waals surface area (Å²) in [4.78, 5) is 11.6. The molecule has 6 heteroatoms. The molecule has 0 bridgehead atoms. The smallest absolute Gasteiger partial charge is 0.251 e. The highest BCUT2D eigenvalue weighted by Crippen LogP contribution is 2.17. The number of aromatic nitrogens is 4. The van der Waals surface area contributed by atoms with Gasteiger partial charge in [-0.05, 0) is 30.7 Å². The molecule has 0 unspecified atom stereocenters. The van der Waals surface area contributed by atoms with E-state index in [1.807, 2.05) is 13.0 Å². The highest BCUT2D eigenvalue weighted by atomic mass is 16.1. The molecule has 1 aromatic carbocycles. The minimum absolute atomic E-state index is 0.146. The van der Waals surface area contributed by atoms with E-state index in [0.717, 1.165) is 11.1 Å². The molecule has 0 aliphatic heterocycles. The molecule has 0 radical (unpaired) electrons. The lowest BCUT2D eigenvalue weighted by molar-refractivity contribution is 0.0963. The van der Waals surface area contributed by atoms with Crippen LogP contribution in [-0.2, 0) is 0 Å². The minimum Gasteiger partial charge on any atom is -0.355 e. The average Bonchev–Trinajstić information content (AvgIpc) is 2.38. The number of benzene rings is 1. The Kier molecular flexibility index (Phi) is 3.04. The quantitative estimate of drug-likeness (QED) is 0.815. The lowest BCUT2D eigenvalue weighted by Crippen LogP contribution is -2.18. The number of rotatable bonds is 2. The van der Waals surface area contributed by atoms with Crippen molar-refractivity contribution in [3.63, 3.8) is 0 Å². The van der Waals surface area contributed by atoms with Crippen molar-refractivity contribution in [1.29, 1.82) is 0 Å². The Bertz CT molecular complexity index is 541. The predicted octanol–water partition coefficient (Wildman–Crippen LogP) is 0.602. The zero-order chi connectivity index (χ0) is 12.3. The van der Waals surface area contributed by atoms with Crippen LogP contribution in [0.2, 0.25) is 0 Å². The van der Waals surface area contributed by atoms with Gasteiger partial charge in [0.05, 0.1) is 0 Å². The molecule has 17 heavy (non-hydrogen) atoms. The fourth-order valence-electron chi connectivity index (χ4n) is 1.51. The highest BCUT2D eigenvalue weighted by Gasteiger charge is 2.08. The van der Waals surface area contributed by atoms with Crippen molar-refractivity contribution in [2.24, 2.45) is 0 Å². The minimum atomic E-state index is -0.146. The van der Waals surface area contributed by atoms with Crippen LogP contribution < -0.4 is 5.32 Å². The fourth-order valence-corrected chi connectivity index (χ4v) is 1.51. The standard InChI is InChI=1S/C11H11N5O/c1-7-3-8(10-15-13-6-14-16-10)5-9(4-7)11(17)12-2/h3-6H,1-2H3,(H,12,17). The summed E-state index contributed by atoms with van der Waals surface area (Å²) in [5.41, 5.74) is 2.24. The monoisotopic (exact) mass is 229 g/mol. The average molecular weight is 229 g/mol. The van der Waals surface area contributed by atoms with Gasteiger partial charge in [-0.1, -0.05) is 0 Å². The van der Waals surface area contributed by atoms with Gasteiger partial charge in [-0.2, -0.15) is 0 Å². The molecule has 0 saturated heterocycles. The molecule has 6 nitrogen and oxygen atoms in total. The Morgan fingerprint density at radius 3 is 2.53 bits per heavy atom. The maximum atomic E-state index is 11.6. The number of aryl methyl sites for hydroxylation is 1. The molecule has 1 amide bonds. The van der Waals surface area contributed by atoms with Crippen LogP contribution >= 0.6 is 0 Å². The zero-order valence-electron chi connectivity index (χ0n) is 9.51. The second-order valence-electron chi connectivity index (χ2n) is 3.54. The number of carbonyl (C=O) groups is 1. The highest BCUT2D eigenvalue weighted by molar-refractivity contribution is 5.95. The van der Waals surface area contributed by atoms with Crippen molar-refractivity contribution in [1.82, 2.24) is 25.7 Å². The first kappa shape index (κ1) is 11.1. The van der Waals surface area contributed by atoms with Crippen molar-refractivity contribution in [2.45, 2.75) is 6.92 Å². The second kappa shape index (κ2) is 4.65. The van der Waals surface area contributed by atoms with Gasteiger partial charge in [-0.15, -0.1) is 20.4 Å². The van der Waals surface area contributed by atoms with Crippen LogP contribution in [0.3, 0.4) is 0 Å². The molecule has 2 rings (SSSR count). The molecule has 86 valence electrons. The zero-order valence-corrected chi connectivity index (χ0v) is 9.51. The summed E-state index contributed by atoms with van der Waals surface area (Å²) in [6.45, 7) is 1.90. The Labute approximate surface area is 98.1 Å². The molecule has 0 fully saturated rings. The Morgan fingerprint density at radius 2 is 1.88 bits per heavy atom. The second-order valence-corrected chi connectivity index (χ2v) is 3.54. The maximum Gasteiger partial charge on any atom is 0.251 e.